The van der Waals surface area contributed by atoms with Crippen LogP contribution in [0.5, 0.6) is 5.75 Å². The van der Waals surface area contributed by atoms with Crippen molar-refractivity contribution < 1.29 is 14.3 Å². The van der Waals surface area contributed by atoms with Gasteiger partial charge >= 0.3 is 0 Å². The van der Waals surface area contributed by atoms with Crippen LogP contribution in [0.2, 0.25) is 0 Å². The fraction of sp³-hybridized carbons (Fsp3) is 0.440. The first-order chi connectivity index (χ1) is 15.1. The van der Waals surface area contributed by atoms with Crippen molar-refractivity contribution in [3.8, 4) is 16.9 Å². The first-order valence-corrected chi connectivity index (χ1v) is 11.2. The lowest BCUT2D eigenvalue weighted by Gasteiger charge is -2.36. The maximum absolute atomic E-state index is 12.8. The van der Waals surface area contributed by atoms with Crippen LogP contribution in [0.15, 0.2) is 54.6 Å². The van der Waals surface area contributed by atoms with E-state index >= 15 is 0 Å². The molecule has 0 bridgehead atoms. The van der Waals surface area contributed by atoms with Gasteiger partial charge in [-0.05, 0) is 43.0 Å². The van der Waals surface area contributed by atoms with Crippen LogP contribution in [0.1, 0.15) is 19.8 Å². The number of rotatable bonds is 6. The van der Waals surface area contributed by atoms with E-state index in [0.717, 1.165) is 50.1 Å². The Morgan fingerprint density at radius 2 is 1.42 bits per heavy atom. The van der Waals surface area contributed by atoms with Crippen LogP contribution in [0.4, 0.5) is 0 Å². The predicted molar refractivity (Wildman–Crippen MR) is 121 cm³/mol. The van der Waals surface area contributed by atoms with E-state index in [1.165, 1.54) is 0 Å². The lowest BCUT2D eigenvalue weighted by atomic mass is 10.1. The van der Waals surface area contributed by atoms with Gasteiger partial charge in [0, 0.05) is 39.3 Å². The van der Waals surface area contributed by atoms with E-state index in [9.17, 15) is 9.59 Å². The highest BCUT2D eigenvalue weighted by Crippen LogP contribution is 2.23. The molecule has 2 fully saturated rings. The zero-order valence-electron chi connectivity index (χ0n) is 18.2. The van der Waals surface area contributed by atoms with Crippen LogP contribution in [0.3, 0.4) is 0 Å². The Morgan fingerprint density at radius 1 is 0.806 bits per heavy atom. The minimum atomic E-state index is -0.541. The third kappa shape index (κ3) is 5.44. The van der Waals surface area contributed by atoms with Gasteiger partial charge in [-0.1, -0.05) is 42.5 Å². The van der Waals surface area contributed by atoms with Gasteiger partial charge in [-0.15, -0.1) is 0 Å². The van der Waals surface area contributed by atoms with Gasteiger partial charge in [0.1, 0.15) is 5.75 Å². The van der Waals surface area contributed by atoms with Crippen LogP contribution < -0.4 is 4.74 Å². The Hall–Kier alpha value is -2.86. The van der Waals surface area contributed by atoms with E-state index in [1.807, 2.05) is 52.3 Å². The monoisotopic (exact) mass is 421 g/mol. The maximum atomic E-state index is 12.8. The third-order valence-corrected chi connectivity index (χ3v) is 6.12. The summed E-state index contributed by atoms with van der Waals surface area (Å²) in [5, 5.41) is 0. The Kier molecular flexibility index (Phi) is 6.87. The summed E-state index contributed by atoms with van der Waals surface area (Å²) in [4.78, 5) is 31.1. The number of hydrogen-bond acceptors (Lipinski definition) is 4. The minimum Gasteiger partial charge on any atom is -0.481 e. The van der Waals surface area contributed by atoms with Crippen LogP contribution in [-0.2, 0) is 9.59 Å². The first-order valence-electron chi connectivity index (χ1n) is 11.2. The average Bonchev–Trinajstić information content (AvgIpc) is 3.35. The van der Waals surface area contributed by atoms with Crippen molar-refractivity contribution in [1.29, 1.82) is 0 Å². The van der Waals surface area contributed by atoms with Crippen LogP contribution >= 0.6 is 0 Å². The van der Waals surface area contributed by atoms with Crippen molar-refractivity contribution in [3.63, 3.8) is 0 Å². The Labute approximate surface area is 184 Å². The number of hydrogen-bond donors (Lipinski definition) is 0. The number of benzene rings is 2. The molecule has 1 unspecified atom stereocenters. The molecule has 2 saturated heterocycles. The number of nitrogens with zero attached hydrogens (tertiary/aromatic N) is 3. The number of carbonyl (C=O) groups is 2. The largest absolute Gasteiger partial charge is 0.481 e. The van der Waals surface area contributed by atoms with Crippen LogP contribution in [0.25, 0.3) is 11.1 Å². The molecule has 1 atom stereocenters. The quantitative estimate of drug-likeness (QED) is 0.720. The summed E-state index contributed by atoms with van der Waals surface area (Å²) in [5.74, 6) is 0.904. The highest BCUT2D eigenvalue weighted by atomic mass is 16.5. The summed E-state index contributed by atoms with van der Waals surface area (Å²) in [6.45, 7) is 6.75. The topological polar surface area (TPSA) is 53.1 Å². The average molecular weight is 422 g/mol. The summed E-state index contributed by atoms with van der Waals surface area (Å²) in [5.41, 5.74) is 2.27. The summed E-state index contributed by atoms with van der Waals surface area (Å²) < 4.78 is 5.91. The normalized spacial score (nSPS) is 18.1. The molecule has 2 heterocycles. The van der Waals surface area contributed by atoms with Gasteiger partial charge in [0.25, 0.3) is 5.91 Å². The molecule has 0 spiro atoms. The van der Waals surface area contributed by atoms with E-state index < -0.39 is 6.10 Å². The molecule has 0 aliphatic carbocycles. The molecule has 164 valence electrons. The molecule has 6 nitrogen and oxygen atoms in total. The Balaban J connectivity index is 1.24. The number of amides is 2. The van der Waals surface area contributed by atoms with Crippen LogP contribution in [-0.4, -0.2) is 78.4 Å². The maximum Gasteiger partial charge on any atom is 0.263 e. The minimum absolute atomic E-state index is 0.00217. The molecule has 2 aromatic rings. The molecule has 0 N–H and O–H groups in total. The van der Waals surface area contributed by atoms with E-state index in [0.29, 0.717) is 25.4 Å². The van der Waals surface area contributed by atoms with E-state index in [4.69, 9.17) is 4.74 Å². The van der Waals surface area contributed by atoms with E-state index in [2.05, 4.69) is 17.0 Å². The molecule has 0 radical (unpaired) electrons. The highest BCUT2D eigenvalue weighted by molar-refractivity contribution is 5.81. The lowest BCUT2D eigenvalue weighted by molar-refractivity contribution is -0.140. The van der Waals surface area contributed by atoms with Gasteiger partial charge in [-0.25, -0.2) is 0 Å². The zero-order valence-corrected chi connectivity index (χ0v) is 18.2. The van der Waals surface area contributed by atoms with Gasteiger partial charge in [-0.2, -0.15) is 0 Å². The van der Waals surface area contributed by atoms with Gasteiger partial charge < -0.3 is 14.5 Å². The van der Waals surface area contributed by atoms with Gasteiger partial charge in [0.05, 0.1) is 6.54 Å². The summed E-state index contributed by atoms with van der Waals surface area (Å²) in [6.07, 6.45) is 1.68. The molecule has 4 rings (SSSR count). The van der Waals surface area contributed by atoms with Crippen molar-refractivity contribution in [1.82, 2.24) is 14.7 Å². The van der Waals surface area contributed by atoms with Gasteiger partial charge in [0.2, 0.25) is 5.91 Å². The van der Waals surface area contributed by atoms with Gasteiger partial charge in [0.15, 0.2) is 6.10 Å². The van der Waals surface area contributed by atoms with Crippen molar-refractivity contribution in [2.45, 2.75) is 25.9 Å². The molecule has 0 aromatic heterocycles. The second kappa shape index (κ2) is 9.96. The fourth-order valence-corrected chi connectivity index (χ4v) is 4.25. The molecule has 2 amide bonds. The van der Waals surface area contributed by atoms with Crippen molar-refractivity contribution >= 4 is 11.8 Å². The predicted octanol–water partition coefficient (Wildman–Crippen LogP) is 2.89. The fourth-order valence-electron chi connectivity index (χ4n) is 4.25. The molecule has 0 saturated carbocycles. The van der Waals surface area contributed by atoms with Crippen LogP contribution in [0, 0.1) is 0 Å². The van der Waals surface area contributed by atoms with E-state index in [-0.39, 0.29) is 11.8 Å². The second-order valence-corrected chi connectivity index (χ2v) is 8.34. The highest BCUT2D eigenvalue weighted by Gasteiger charge is 2.28. The number of likely N-dealkylation sites (tertiary alicyclic amines) is 1. The van der Waals surface area contributed by atoms with Crippen molar-refractivity contribution in [2.24, 2.45) is 0 Å². The smallest absolute Gasteiger partial charge is 0.263 e. The summed E-state index contributed by atoms with van der Waals surface area (Å²) in [7, 11) is 0. The lowest BCUT2D eigenvalue weighted by Crippen LogP contribution is -2.53. The number of carbonyl (C=O) groups excluding carboxylic acids is 2. The summed E-state index contributed by atoms with van der Waals surface area (Å²) >= 11 is 0. The van der Waals surface area contributed by atoms with Gasteiger partial charge in [-0.3, -0.25) is 14.5 Å². The third-order valence-electron chi connectivity index (χ3n) is 6.12. The molecule has 31 heavy (non-hydrogen) atoms. The van der Waals surface area contributed by atoms with E-state index in [1.54, 1.807) is 6.92 Å². The Morgan fingerprint density at radius 3 is 2.06 bits per heavy atom. The SMILES string of the molecule is CC(Oc1ccc(-c2ccccc2)cc1)C(=O)N1CCN(CC(=O)N2CCCC2)CC1. The molecule has 2 aromatic carbocycles. The standard InChI is InChI=1S/C25H31N3O3/c1-20(31-23-11-9-22(10-12-23)21-7-3-2-4-8-21)25(30)28-17-15-26(16-18-28)19-24(29)27-13-5-6-14-27/h2-4,7-12,20H,5-6,13-19H2,1H3. The second-order valence-electron chi connectivity index (χ2n) is 8.34. The zero-order chi connectivity index (χ0) is 21.6. The number of ether oxygens (including phenoxy) is 1. The van der Waals surface area contributed by atoms with Crippen molar-refractivity contribution in [3.05, 3.63) is 54.6 Å². The first kappa shape index (κ1) is 21.4. The number of piperazine rings is 1. The molecule has 6 heteroatoms. The molecule has 2 aliphatic heterocycles. The molecular formula is C25H31N3O3. The molecule has 2 aliphatic rings. The Bertz CT molecular complexity index is 871. The van der Waals surface area contributed by atoms with Crippen molar-refractivity contribution in [2.75, 3.05) is 45.8 Å². The molecular weight excluding hydrogens is 390 g/mol. The summed E-state index contributed by atoms with van der Waals surface area (Å²) in [6, 6.07) is 18.0.